The second-order valence-corrected chi connectivity index (χ2v) is 7.14. The molecule has 1 aromatic rings. The largest absolute Gasteiger partial charge is 0.443 e. The third kappa shape index (κ3) is 2.10. The quantitative estimate of drug-likeness (QED) is 0.926. The molecule has 0 radical (unpaired) electrons. The van der Waals surface area contributed by atoms with Crippen LogP contribution in [0.3, 0.4) is 0 Å². The molecule has 1 amide bonds. The van der Waals surface area contributed by atoms with Crippen molar-refractivity contribution in [3.05, 3.63) is 29.3 Å². The molecule has 2 N–H and O–H groups in total. The minimum Gasteiger partial charge on any atom is -0.443 e. The third-order valence-corrected chi connectivity index (χ3v) is 6.04. The summed E-state index contributed by atoms with van der Waals surface area (Å²) in [6.07, 6.45) is -1.04. The van der Waals surface area contributed by atoms with Crippen molar-refractivity contribution in [2.45, 2.75) is 12.0 Å². The molecular formula is C15H16F2N2O2S. The number of benzene rings is 1. The van der Waals surface area contributed by atoms with E-state index in [1.807, 2.05) is 11.8 Å². The van der Waals surface area contributed by atoms with Crippen LogP contribution in [0, 0.1) is 23.5 Å². The first kappa shape index (κ1) is 14.3. The highest BCUT2D eigenvalue weighted by Gasteiger charge is 2.55. The van der Waals surface area contributed by atoms with Gasteiger partial charge in [0.2, 0.25) is 0 Å². The van der Waals surface area contributed by atoms with Crippen LogP contribution in [0.4, 0.5) is 19.3 Å². The van der Waals surface area contributed by atoms with Crippen LogP contribution in [0.1, 0.15) is 11.5 Å². The molecule has 3 aliphatic rings. The van der Waals surface area contributed by atoms with Crippen molar-refractivity contribution in [3.8, 4) is 0 Å². The van der Waals surface area contributed by atoms with Gasteiger partial charge in [-0.2, -0.15) is 11.8 Å². The molecule has 0 spiro atoms. The molecule has 2 aliphatic heterocycles. The van der Waals surface area contributed by atoms with E-state index in [2.05, 4.69) is 0 Å². The Kier molecular flexibility index (Phi) is 3.30. The van der Waals surface area contributed by atoms with Crippen molar-refractivity contribution < 1.29 is 18.3 Å². The van der Waals surface area contributed by atoms with Gasteiger partial charge in [0.1, 0.15) is 17.7 Å². The monoisotopic (exact) mass is 326 g/mol. The van der Waals surface area contributed by atoms with E-state index in [1.54, 1.807) is 0 Å². The van der Waals surface area contributed by atoms with Gasteiger partial charge in [0, 0.05) is 12.1 Å². The molecular weight excluding hydrogens is 310 g/mol. The Morgan fingerprint density at radius 2 is 1.91 bits per heavy atom. The number of ether oxygens (including phenoxy) is 1. The number of hydrogen-bond acceptors (Lipinski definition) is 4. The van der Waals surface area contributed by atoms with Gasteiger partial charge in [-0.3, -0.25) is 4.90 Å². The first-order chi connectivity index (χ1) is 10.6. The molecule has 0 aromatic heterocycles. The Morgan fingerprint density at radius 3 is 2.45 bits per heavy atom. The van der Waals surface area contributed by atoms with Gasteiger partial charge < -0.3 is 10.5 Å². The van der Waals surface area contributed by atoms with Crippen molar-refractivity contribution in [3.63, 3.8) is 0 Å². The molecule has 2 saturated heterocycles. The summed E-state index contributed by atoms with van der Waals surface area (Å²) in [5, 5.41) is 0. The van der Waals surface area contributed by atoms with Crippen molar-refractivity contribution in [2.24, 2.45) is 17.6 Å². The number of thioether (sulfide) groups is 1. The van der Waals surface area contributed by atoms with Crippen LogP contribution in [0.5, 0.6) is 0 Å². The van der Waals surface area contributed by atoms with Gasteiger partial charge in [-0.25, -0.2) is 13.6 Å². The number of carbonyl (C=O) groups excluding carboxylic acids is 1. The Bertz CT molecular complexity index is 609. The summed E-state index contributed by atoms with van der Waals surface area (Å²) in [7, 11) is 0. The molecule has 4 atom stereocenters. The first-order valence-electron chi connectivity index (χ1n) is 7.35. The summed E-state index contributed by atoms with van der Waals surface area (Å²) in [4.78, 5) is 13.0. The number of nitrogens with two attached hydrogens (primary N) is 1. The number of hydrogen-bond donors (Lipinski definition) is 1. The Morgan fingerprint density at radius 1 is 1.27 bits per heavy atom. The predicted octanol–water partition coefficient (Wildman–Crippen LogP) is 2.33. The fourth-order valence-corrected chi connectivity index (χ4v) is 5.16. The van der Waals surface area contributed by atoms with E-state index in [1.165, 1.54) is 17.0 Å². The van der Waals surface area contributed by atoms with E-state index in [9.17, 15) is 13.6 Å². The normalized spacial score (nSPS) is 33.0. The average Bonchev–Trinajstić information content (AvgIpc) is 2.87. The number of cyclic esters (lactones) is 1. The van der Waals surface area contributed by atoms with E-state index < -0.39 is 23.8 Å². The summed E-state index contributed by atoms with van der Waals surface area (Å²) in [5.41, 5.74) is 5.84. The number of anilines is 1. The fraction of sp³-hybridized carbons (Fsp3) is 0.533. The number of fused-ring (bicyclic) bond motifs is 1. The SMILES string of the molecule is NC[C@H]1CN(c2cc(F)c(C3[C@H]4CSC[C@@H]34)c(F)c2)C(=O)O1. The maximum absolute atomic E-state index is 14.4. The number of halogens is 2. The lowest BCUT2D eigenvalue weighted by atomic mass is 10.1. The standard InChI is InChI=1S/C15H16F2N2O2S/c16-11-1-7(19-4-8(3-18)21-15(19)20)2-12(17)14(11)13-9-5-22-6-10(9)13/h1-2,8-10,13H,3-6,18H2/t8-,9-,10+,13?/m0/s1. The van der Waals surface area contributed by atoms with Crippen LogP contribution in [-0.4, -0.2) is 36.8 Å². The molecule has 4 rings (SSSR count). The number of carbonyl (C=O) groups is 1. The van der Waals surface area contributed by atoms with E-state index in [4.69, 9.17) is 10.5 Å². The molecule has 0 bridgehead atoms. The Balaban J connectivity index is 1.62. The Labute approximate surface area is 131 Å². The summed E-state index contributed by atoms with van der Waals surface area (Å²) < 4.78 is 33.9. The molecule has 22 heavy (non-hydrogen) atoms. The molecule has 2 heterocycles. The lowest BCUT2D eigenvalue weighted by Crippen LogP contribution is -2.27. The van der Waals surface area contributed by atoms with E-state index in [-0.39, 0.29) is 30.3 Å². The topological polar surface area (TPSA) is 55.6 Å². The van der Waals surface area contributed by atoms with Crippen molar-refractivity contribution in [2.75, 3.05) is 29.5 Å². The number of amides is 1. The highest BCUT2D eigenvalue weighted by atomic mass is 32.2. The summed E-state index contributed by atoms with van der Waals surface area (Å²) >= 11 is 1.84. The fourth-order valence-electron chi connectivity index (χ4n) is 3.57. The zero-order valence-corrected chi connectivity index (χ0v) is 12.6. The van der Waals surface area contributed by atoms with Gasteiger partial charge in [-0.05, 0) is 41.4 Å². The number of rotatable bonds is 3. The highest BCUT2D eigenvalue weighted by molar-refractivity contribution is 7.99. The molecule has 1 saturated carbocycles. The average molecular weight is 326 g/mol. The van der Waals surface area contributed by atoms with Crippen LogP contribution in [0.15, 0.2) is 12.1 Å². The minimum absolute atomic E-state index is 0.00220. The second kappa shape index (κ2) is 5.09. The van der Waals surface area contributed by atoms with Crippen molar-refractivity contribution >= 4 is 23.5 Å². The molecule has 118 valence electrons. The number of nitrogens with zero attached hydrogens (tertiary/aromatic N) is 1. The smallest absolute Gasteiger partial charge is 0.414 e. The molecule has 4 nitrogen and oxygen atoms in total. The summed E-state index contributed by atoms with van der Waals surface area (Å²) in [6, 6.07) is 2.47. The van der Waals surface area contributed by atoms with Crippen LogP contribution in [0.2, 0.25) is 0 Å². The van der Waals surface area contributed by atoms with E-state index >= 15 is 0 Å². The summed E-state index contributed by atoms with van der Waals surface area (Å²) in [5.74, 6) is 1.62. The van der Waals surface area contributed by atoms with Crippen molar-refractivity contribution in [1.82, 2.24) is 0 Å². The van der Waals surface area contributed by atoms with Crippen molar-refractivity contribution in [1.29, 1.82) is 0 Å². The van der Waals surface area contributed by atoms with Gasteiger partial charge in [0.15, 0.2) is 0 Å². The second-order valence-electron chi connectivity index (χ2n) is 6.07. The summed E-state index contributed by atoms with van der Waals surface area (Å²) in [6.45, 7) is 0.410. The predicted molar refractivity (Wildman–Crippen MR) is 80.1 cm³/mol. The van der Waals surface area contributed by atoms with Gasteiger partial charge >= 0.3 is 6.09 Å². The van der Waals surface area contributed by atoms with Gasteiger partial charge in [-0.1, -0.05) is 0 Å². The van der Waals surface area contributed by atoms with E-state index in [0.717, 1.165) is 11.5 Å². The van der Waals surface area contributed by atoms with Gasteiger partial charge in [-0.15, -0.1) is 0 Å². The van der Waals surface area contributed by atoms with Crippen LogP contribution in [-0.2, 0) is 4.74 Å². The molecule has 1 aliphatic carbocycles. The van der Waals surface area contributed by atoms with Gasteiger partial charge in [0.05, 0.1) is 12.2 Å². The van der Waals surface area contributed by atoms with Crippen LogP contribution >= 0.6 is 11.8 Å². The Hall–Kier alpha value is -1.34. The minimum atomic E-state index is -0.610. The third-order valence-electron chi connectivity index (χ3n) is 4.80. The lowest BCUT2D eigenvalue weighted by molar-refractivity contribution is 0.145. The lowest BCUT2D eigenvalue weighted by Gasteiger charge is -2.15. The molecule has 1 unspecified atom stereocenters. The molecule has 7 heteroatoms. The molecule has 1 aromatic carbocycles. The maximum Gasteiger partial charge on any atom is 0.414 e. The zero-order chi connectivity index (χ0) is 15.4. The highest BCUT2D eigenvalue weighted by Crippen LogP contribution is 2.61. The zero-order valence-electron chi connectivity index (χ0n) is 11.8. The van der Waals surface area contributed by atoms with Crippen LogP contribution < -0.4 is 10.6 Å². The van der Waals surface area contributed by atoms with E-state index in [0.29, 0.717) is 11.8 Å². The van der Waals surface area contributed by atoms with Gasteiger partial charge in [0.25, 0.3) is 0 Å². The van der Waals surface area contributed by atoms with Crippen LogP contribution in [0.25, 0.3) is 0 Å². The maximum atomic E-state index is 14.4. The molecule has 3 fully saturated rings. The first-order valence-corrected chi connectivity index (χ1v) is 8.50.